The number of hydrogen-bond acceptors (Lipinski definition) is 4. The Balaban J connectivity index is 1.57. The van der Waals surface area contributed by atoms with Gasteiger partial charge in [-0.3, -0.25) is 0 Å². The average molecular weight is 382 g/mol. The Morgan fingerprint density at radius 2 is 1.88 bits per heavy atom. The summed E-state index contributed by atoms with van der Waals surface area (Å²) >= 11 is 12.0. The van der Waals surface area contributed by atoms with Gasteiger partial charge in [-0.2, -0.15) is 0 Å². The van der Waals surface area contributed by atoms with Crippen molar-refractivity contribution in [3.63, 3.8) is 0 Å². The molecule has 1 N–H and O–H groups in total. The van der Waals surface area contributed by atoms with Gasteiger partial charge in [0.05, 0.1) is 18.1 Å². The molecule has 0 radical (unpaired) electrons. The van der Waals surface area contributed by atoms with E-state index < -0.39 is 18.3 Å². The maximum Gasteiger partial charge on any atom is 0.410 e. The summed E-state index contributed by atoms with van der Waals surface area (Å²) in [6, 6.07) is 14.4. The first-order valence-corrected chi connectivity index (χ1v) is 8.54. The minimum Gasteiger partial charge on any atom is -0.484 e. The van der Waals surface area contributed by atoms with Gasteiger partial charge in [-0.05, 0) is 17.7 Å². The highest BCUT2D eigenvalue weighted by Crippen LogP contribution is 2.33. The lowest BCUT2D eigenvalue weighted by molar-refractivity contribution is 0.0736. The summed E-state index contributed by atoms with van der Waals surface area (Å²) in [7, 11) is 0. The van der Waals surface area contributed by atoms with Crippen molar-refractivity contribution in [3.8, 4) is 5.75 Å². The van der Waals surface area contributed by atoms with Crippen LogP contribution in [-0.2, 0) is 11.3 Å². The molecule has 1 amide bonds. The number of halogens is 2. The highest BCUT2D eigenvalue weighted by Gasteiger charge is 2.36. The van der Waals surface area contributed by atoms with Crippen molar-refractivity contribution in [1.82, 2.24) is 4.90 Å². The van der Waals surface area contributed by atoms with Crippen molar-refractivity contribution in [2.24, 2.45) is 0 Å². The van der Waals surface area contributed by atoms with E-state index in [1.807, 2.05) is 30.3 Å². The van der Waals surface area contributed by atoms with Gasteiger partial charge in [-0.25, -0.2) is 4.79 Å². The Morgan fingerprint density at radius 1 is 1.12 bits per heavy atom. The zero-order valence-electron chi connectivity index (χ0n) is 13.3. The summed E-state index contributed by atoms with van der Waals surface area (Å²) in [6.07, 6.45) is -1.93. The second-order valence-corrected chi connectivity index (χ2v) is 6.51. The van der Waals surface area contributed by atoms with E-state index in [2.05, 4.69) is 0 Å². The highest BCUT2D eigenvalue weighted by molar-refractivity contribution is 6.42. The fraction of sp³-hybridized carbons (Fsp3) is 0.278. The van der Waals surface area contributed by atoms with Crippen LogP contribution in [-0.4, -0.2) is 41.4 Å². The molecule has 1 aliphatic rings. The topological polar surface area (TPSA) is 59.0 Å². The normalized spacial score (nSPS) is 19.7. The third-order valence-electron chi connectivity index (χ3n) is 3.89. The molecule has 7 heteroatoms. The minimum atomic E-state index is -0.834. The first-order chi connectivity index (χ1) is 12.0. The van der Waals surface area contributed by atoms with E-state index in [4.69, 9.17) is 32.7 Å². The molecule has 2 atom stereocenters. The number of carbonyl (C=O) groups is 1. The third kappa shape index (κ3) is 4.37. The van der Waals surface area contributed by atoms with E-state index in [1.165, 1.54) is 4.90 Å². The average Bonchev–Trinajstić information content (AvgIpc) is 2.98. The number of nitrogens with zero attached hydrogens (tertiary/aromatic N) is 1. The Bertz CT molecular complexity index is 741. The summed E-state index contributed by atoms with van der Waals surface area (Å²) in [5.41, 5.74) is 0.897. The number of benzene rings is 2. The number of rotatable bonds is 4. The number of ether oxygens (including phenoxy) is 2. The number of likely N-dealkylation sites (tertiary alicyclic amines) is 1. The van der Waals surface area contributed by atoms with Gasteiger partial charge in [-0.1, -0.05) is 59.6 Å². The molecule has 0 aromatic heterocycles. The van der Waals surface area contributed by atoms with Crippen LogP contribution in [0.2, 0.25) is 10.0 Å². The van der Waals surface area contributed by atoms with Gasteiger partial charge in [0.15, 0.2) is 0 Å². The van der Waals surface area contributed by atoms with Gasteiger partial charge in [-0.15, -0.1) is 0 Å². The number of aliphatic hydroxyl groups excluding tert-OH is 1. The SMILES string of the molecule is O=C(OCc1ccccc1)N1CC(O)C(Oc2cccc(Cl)c2Cl)C1. The molecule has 25 heavy (non-hydrogen) atoms. The second-order valence-electron chi connectivity index (χ2n) is 5.72. The Labute approximate surface area is 155 Å². The molecule has 2 aromatic carbocycles. The molecule has 0 bridgehead atoms. The lowest BCUT2D eigenvalue weighted by atomic mass is 10.2. The van der Waals surface area contributed by atoms with Crippen molar-refractivity contribution >= 4 is 29.3 Å². The van der Waals surface area contributed by atoms with Crippen LogP contribution in [0.4, 0.5) is 4.79 Å². The van der Waals surface area contributed by atoms with Gasteiger partial charge in [0.1, 0.15) is 29.6 Å². The van der Waals surface area contributed by atoms with Crippen molar-refractivity contribution < 1.29 is 19.4 Å². The Hall–Kier alpha value is -1.95. The summed E-state index contributed by atoms with van der Waals surface area (Å²) in [4.78, 5) is 13.6. The molecule has 132 valence electrons. The van der Waals surface area contributed by atoms with Crippen LogP contribution in [0.25, 0.3) is 0 Å². The maximum absolute atomic E-state index is 12.2. The molecule has 1 aliphatic heterocycles. The lowest BCUT2D eigenvalue weighted by Crippen LogP contribution is -2.31. The van der Waals surface area contributed by atoms with Gasteiger partial charge in [0.2, 0.25) is 0 Å². The first-order valence-electron chi connectivity index (χ1n) is 7.79. The molecule has 0 aliphatic carbocycles. The molecule has 0 saturated carbocycles. The number of amides is 1. The van der Waals surface area contributed by atoms with Crippen LogP contribution in [0, 0.1) is 0 Å². The number of aliphatic hydroxyl groups is 1. The summed E-state index contributed by atoms with van der Waals surface area (Å²) in [6.45, 7) is 0.520. The molecular weight excluding hydrogens is 365 g/mol. The number of β-amino-alcohol motifs (C(OH)–C–C–N with tert-alkyl or cyclic N) is 1. The van der Waals surface area contributed by atoms with Crippen LogP contribution in [0.1, 0.15) is 5.56 Å². The lowest BCUT2D eigenvalue weighted by Gasteiger charge is -2.18. The Morgan fingerprint density at radius 3 is 2.64 bits per heavy atom. The largest absolute Gasteiger partial charge is 0.484 e. The van der Waals surface area contributed by atoms with E-state index in [-0.39, 0.29) is 24.7 Å². The van der Waals surface area contributed by atoms with E-state index >= 15 is 0 Å². The van der Waals surface area contributed by atoms with Crippen molar-refractivity contribution in [2.75, 3.05) is 13.1 Å². The second kappa shape index (κ2) is 7.95. The molecule has 3 rings (SSSR count). The van der Waals surface area contributed by atoms with Crippen LogP contribution in [0.3, 0.4) is 0 Å². The zero-order chi connectivity index (χ0) is 17.8. The molecule has 0 spiro atoms. The fourth-order valence-electron chi connectivity index (χ4n) is 2.57. The summed E-state index contributed by atoms with van der Waals surface area (Å²) < 4.78 is 11.0. The molecule has 1 fully saturated rings. The van der Waals surface area contributed by atoms with E-state index in [0.717, 1.165) is 5.56 Å². The zero-order valence-corrected chi connectivity index (χ0v) is 14.8. The highest BCUT2D eigenvalue weighted by atomic mass is 35.5. The maximum atomic E-state index is 12.2. The van der Waals surface area contributed by atoms with Crippen molar-refractivity contribution in [3.05, 3.63) is 64.1 Å². The minimum absolute atomic E-state index is 0.135. The smallest absolute Gasteiger partial charge is 0.410 e. The summed E-state index contributed by atoms with van der Waals surface area (Å²) in [5, 5.41) is 10.8. The fourth-order valence-corrected chi connectivity index (χ4v) is 2.91. The molecule has 2 unspecified atom stereocenters. The Kier molecular flexibility index (Phi) is 5.68. The molecule has 5 nitrogen and oxygen atoms in total. The van der Waals surface area contributed by atoms with Crippen LogP contribution >= 0.6 is 23.2 Å². The molecular formula is C18H17Cl2NO4. The van der Waals surface area contributed by atoms with Crippen molar-refractivity contribution in [2.45, 2.75) is 18.8 Å². The third-order valence-corrected chi connectivity index (χ3v) is 4.70. The van der Waals surface area contributed by atoms with Crippen LogP contribution in [0.5, 0.6) is 5.75 Å². The standard InChI is InChI=1S/C18H17Cl2NO4/c19-13-7-4-8-15(17(13)20)25-16-10-21(9-14(16)22)18(23)24-11-12-5-2-1-3-6-12/h1-8,14,16,22H,9-11H2. The molecule has 1 saturated heterocycles. The predicted octanol–water partition coefficient (Wildman–Crippen LogP) is 3.75. The van der Waals surface area contributed by atoms with Gasteiger partial charge < -0.3 is 19.5 Å². The number of hydrogen-bond donors (Lipinski definition) is 1. The summed E-state index contributed by atoms with van der Waals surface area (Å²) in [5.74, 6) is 0.373. The van der Waals surface area contributed by atoms with Gasteiger partial charge in [0.25, 0.3) is 0 Å². The van der Waals surface area contributed by atoms with Crippen molar-refractivity contribution in [1.29, 1.82) is 0 Å². The van der Waals surface area contributed by atoms with E-state index in [1.54, 1.807) is 18.2 Å². The van der Waals surface area contributed by atoms with E-state index in [9.17, 15) is 9.90 Å². The van der Waals surface area contributed by atoms with Gasteiger partial charge >= 0.3 is 6.09 Å². The van der Waals surface area contributed by atoms with E-state index in [0.29, 0.717) is 10.8 Å². The quantitative estimate of drug-likeness (QED) is 0.875. The first kappa shape index (κ1) is 17.9. The van der Waals surface area contributed by atoms with Gasteiger partial charge in [0, 0.05) is 0 Å². The number of carbonyl (C=O) groups excluding carboxylic acids is 1. The molecule has 1 heterocycles. The monoisotopic (exact) mass is 381 g/mol. The molecule has 2 aromatic rings. The predicted molar refractivity (Wildman–Crippen MR) is 95.1 cm³/mol. The van der Waals surface area contributed by atoms with Crippen LogP contribution in [0.15, 0.2) is 48.5 Å². The van der Waals surface area contributed by atoms with Crippen LogP contribution < -0.4 is 4.74 Å².